The summed E-state index contributed by atoms with van der Waals surface area (Å²) in [5, 5.41) is 19.3. The van der Waals surface area contributed by atoms with Gasteiger partial charge in [-0.1, -0.05) is 41.6 Å². The molecule has 0 radical (unpaired) electrons. The van der Waals surface area contributed by atoms with Gasteiger partial charge in [-0.2, -0.15) is 5.26 Å². The van der Waals surface area contributed by atoms with Crippen molar-refractivity contribution >= 4 is 5.91 Å². The van der Waals surface area contributed by atoms with Crippen LogP contribution in [-0.2, 0) is 11.3 Å². The van der Waals surface area contributed by atoms with E-state index in [1.54, 1.807) is 29.2 Å². The summed E-state index contributed by atoms with van der Waals surface area (Å²) < 4.78 is 15.3. The van der Waals surface area contributed by atoms with Crippen molar-refractivity contribution in [3.63, 3.8) is 0 Å². The molecular formula is C19H16FN5O. The molecule has 1 atom stereocenters. The number of aromatic nitrogens is 3. The fourth-order valence-electron chi connectivity index (χ4n) is 2.63. The standard InChI is InChI=1S/C19H16FN5O/c20-17-10-14(6-7-16(17)12-21)13-22-19(26)11-18(25-9-8-23-24-25)15-4-2-1-3-5-15/h1-10,18H,11,13H2,(H,22,26). The SMILES string of the molecule is N#Cc1ccc(CNC(=O)CC(c2ccccc2)n2ccnn2)cc1F. The average molecular weight is 349 g/mol. The summed E-state index contributed by atoms with van der Waals surface area (Å²) in [6, 6.07) is 15.3. The Balaban J connectivity index is 1.67. The van der Waals surface area contributed by atoms with Crippen LogP contribution in [0.1, 0.15) is 29.2 Å². The van der Waals surface area contributed by atoms with Gasteiger partial charge in [-0.25, -0.2) is 9.07 Å². The predicted molar refractivity (Wildman–Crippen MR) is 92.2 cm³/mol. The molecule has 1 N–H and O–H groups in total. The number of carbonyl (C=O) groups is 1. The van der Waals surface area contributed by atoms with E-state index in [1.165, 1.54) is 12.1 Å². The number of rotatable bonds is 6. The first kappa shape index (κ1) is 17.3. The Morgan fingerprint density at radius 3 is 2.73 bits per heavy atom. The lowest BCUT2D eigenvalue weighted by atomic mass is 10.0. The molecule has 0 saturated heterocycles. The molecule has 7 heteroatoms. The highest BCUT2D eigenvalue weighted by Gasteiger charge is 2.18. The van der Waals surface area contributed by atoms with Crippen LogP contribution in [0.15, 0.2) is 60.9 Å². The third kappa shape index (κ3) is 4.11. The molecule has 0 fully saturated rings. The van der Waals surface area contributed by atoms with E-state index in [1.807, 2.05) is 30.3 Å². The minimum absolute atomic E-state index is 0.0181. The first-order chi connectivity index (χ1) is 12.7. The van der Waals surface area contributed by atoms with Crippen molar-refractivity contribution in [3.05, 3.63) is 83.4 Å². The number of benzene rings is 2. The molecule has 0 aliphatic heterocycles. The molecule has 1 aromatic heterocycles. The maximum atomic E-state index is 13.6. The van der Waals surface area contributed by atoms with E-state index < -0.39 is 5.82 Å². The first-order valence-corrected chi connectivity index (χ1v) is 8.03. The topological polar surface area (TPSA) is 83.6 Å². The molecule has 26 heavy (non-hydrogen) atoms. The second-order valence-electron chi connectivity index (χ2n) is 5.72. The van der Waals surface area contributed by atoms with E-state index in [9.17, 15) is 9.18 Å². The van der Waals surface area contributed by atoms with Crippen molar-refractivity contribution in [1.29, 1.82) is 5.26 Å². The van der Waals surface area contributed by atoms with Crippen LogP contribution in [0.5, 0.6) is 0 Å². The fourth-order valence-corrected chi connectivity index (χ4v) is 2.63. The number of hydrogen-bond acceptors (Lipinski definition) is 4. The smallest absolute Gasteiger partial charge is 0.222 e. The van der Waals surface area contributed by atoms with Crippen LogP contribution >= 0.6 is 0 Å². The van der Waals surface area contributed by atoms with Crippen molar-refractivity contribution in [2.45, 2.75) is 19.0 Å². The minimum Gasteiger partial charge on any atom is -0.352 e. The van der Waals surface area contributed by atoms with Crippen LogP contribution in [0.4, 0.5) is 4.39 Å². The minimum atomic E-state index is -0.593. The van der Waals surface area contributed by atoms with Crippen LogP contribution in [0.3, 0.4) is 0 Å². The molecule has 1 amide bonds. The second kappa shape index (κ2) is 8.03. The molecule has 0 aliphatic carbocycles. The molecule has 3 rings (SSSR count). The number of nitrogens with zero attached hydrogens (tertiary/aromatic N) is 4. The van der Waals surface area contributed by atoms with Gasteiger partial charge in [0.05, 0.1) is 24.2 Å². The summed E-state index contributed by atoms with van der Waals surface area (Å²) in [7, 11) is 0. The summed E-state index contributed by atoms with van der Waals surface area (Å²) in [4.78, 5) is 12.4. The van der Waals surface area contributed by atoms with E-state index in [2.05, 4.69) is 15.6 Å². The Morgan fingerprint density at radius 1 is 1.27 bits per heavy atom. The van der Waals surface area contributed by atoms with E-state index in [-0.39, 0.29) is 30.5 Å². The summed E-state index contributed by atoms with van der Waals surface area (Å²) in [5.74, 6) is -0.789. The lowest BCUT2D eigenvalue weighted by molar-refractivity contribution is -0.121. The first-order valence-electron chi connectivity index (χ1n) is 8.03. The molecule has 6 nitrogen and oxygen atoms in total. The van der Waals surface area contributed by atoms with Crippen molar-refractivity contribution in [1.82, 2.24) is 20.3 Å². The maximum Gasteiger partial charge on any atom is 0.222 e. The molecule has 0 bridgehead atoms. The summed E-state index contributed by atoms with van der Waals surface area (Å²) in [5.41, 5.74) is 1.51. The van der Waals surface area contributed by atoms with Crippen LogP contribution < -0.4 is 5.32 Å². The zero-order valence-electron chi connectivity index (χ0n) is 13.8. The Kier molecular flexibility index (Phi) is 5.34. The largest absolute Gasteiger partial charge is 0.352 e. The zero-order chi connectivity index (χ0) is 18.4. The molecule has 1 heterocycles. The number of amides is 1. The van der Waals surface area contributed by atoms with Crippen molar-refractivity contribution in [2.75, 3.05) is 0 Å². The van der Waals surface area contributed by atoms with Gasteiger partial charge >= 0.3 is 0 Å². The highest BCUT2D eigenvalue weighted by molar-refractivity contribution is 5.76. The molecule has 0 saturated carbocycles. The van der Waals surface area contributed by atoms with E-state index in [4.69, 9.17) is 5.26 Å². The highest BCUT2D eigenvalue weighted by atomic mass is 19.1. The molecule has 2 aromatic carbocycles. The summed E-state index contributed by atoms with van der Waals surface area (Å²) >= 11 is 0. The Labute approximate surface area is 149 Å². The van der Waals surface area contributed by atoms with Gasteiger partial charge in [-0.15, -0.1) is 5.10 Å². The van der Waals surface area contributed by atoms with Gasteiger partial charge in [0.1, 0.15) is 11.9 Å². The van der Waals surface area contributed by atoms with Crippen molar-refractivity contribution in [3.8, 4) is 6.07 Å². The zero-order valence-corrected chi connectivity index (χ0v) is 13.8. The predicted octanol–water partition coefficient (Wildman–Crippen LogP) is 2.58. The van der Waals surface area contributed by atoms with E-state index in [0.717, 1.165) is 5.56 Å². The van der Waals surface area contributed by atoms with Crippen LogP contribution in [0.25, 0.3) is 0 Å². The molecule has 1 unspecified atom stereocenters. The summed E-state index contributed by atoms with van der Waals surface area (Å²) in [6.45, 7) is 0.181. The van der Waals surface area contributed by atoms with Gasteiger partial charge in [0, 0.05) is 12.7 Å². The van der Waals surface area contributed by atoms with Gasteiger partial charge < -0.3 is 5.32 Å². The number of halogens is 1. The lowest BCUT2D eigenvalue weighted by Gasteiger charge is -2.17. The molecule has 0 spiro atoms. The van der Waals surface area contributed by atoms with Gasteiger partial charge in [-0.3, -0.25) is 4.79 Å². The average Bonchev–Trinajstić information content (AvgIpc) is 3.19. The molecular weight excluding hydrogens is 333 g/mol. The molecule has 0 aliphatic rings. The Morgan fingerprint density at radius 2 is 2.08 bits per heavy atom. The normalized spacial score (nSPS) is 11.5. The van der Waals surface area contributed by atoms with Gasteiger partial charge in [0.2, 0.25) is 5.91 Å². The van der Waals surface area contributed by atoms with Crippen LogP contribution in [-0.4, -0.2) is 20.9 Å². The molecule has 130 valence electrons. The van der Waals surface area contributed by atoms with Crippen molar-refractivity contribution < 1.29 is 9.18 Å². The monoisotopic (exact) mass is 349 g/mol. The number of nitrogens with one attached hydrogen (secondary N) is 1. The Hall–Kier alpha value is -3.53. The number of nitriles is 1. The quantitative estimate of drug-likeness (QED) is 0.741. The fraction of sp³-hybridized carbons (Fsp3) is 0.158. The molecule has 3 aromatic rings. The van der Waals surface area contributed by atoms with Crippen LogP contribution in [0.2, 0.25) is 0 Å². The lowest BCUT2D eigenvalue weighted by Crippen LogP contribution is -2.27. The van der Waals surface area contributed by atoms with E-state index in [0.29, 0.717) is 5.56 Å². The number of hydrogen-bond donors (Lipinski definition) is 1. The van der Waals surface area contributed by atoms with Gasteiger partial charge in [0.25, 0.3) is 0 Å². The van der Waals surface area contributed by atoms with Gasteiger partial charge in [0.15, 0.2) is 0 Å². The third-order valence-corrected chi connectivity index (χ3v) is 3.97. The summed E-state index contributed by atoms with van der Waals surface area (Å²) in [6.07, 6.45) is 3.44. The Bertz CT molecular complexity index is 919. The number of carbonyl (C=O) groups excluding carboxylic acids is 1. The van der Waals surface area contributed by atoms with Crippen molar-refractivity contribution in [2.24, 2.45) is 0 Å². The highest BCUT2D eigenvalue weighted by Crippen LogP contribution is 2.20. The third-order valence-electron chi connectivity index (χ3n) is 3.97. The van der Waals surface area contributed by atoms with E-state index >= 15 is 0 Å². The van der Waals surface area contributed by atoms with Crippen LogP contribution in [0, 0.1) is 17.1 Å². The second-order valence-corrected chi connectivity index (χ2v) is 5.72. The van der Waals surface area contributed by atoms with Gasteiger partial charge in [-0.05, 0) is 23.3 Å². The maximum absolute atomic E-state index is 13.6.